The van der Waals surface area contributed by atoms with Crippen molar-refractivity contribution in [2.45, 2.75) is 6.92 Å². The summed E-state index contributed by atoms with van der Waals surface area (Å²) >= 11 is 0. The summed E-state index contributed by atoms with van der Waals surface area (Å²) in [6, 6.07) is 17.5. The minimum absolute atomic E-state index is 1.08. The van der Waals surface area contributed by atoms with Gasteiger partial charge < -0.3 is 10.2 Å². The summed E-state index contributed by atoms with van der Waals surface area (Å²) < 4.78 is 0. The number of nitrogens with one attached hydrogen (secondary N) is 1. The lowest BCUT2D eigenvalue weighted by molar-refractivity contribution is 0.589. The highest BCUT2D eigenvalue weighted by atomic mass is 15.2. The number of hydrogen-bond donors (Lipinski definition) is 1. The first-order valence-corrected chi connectivity index (χ1v) is 6.96. The van der Waals surface area contributed by atoms with E-state index in [9.17, 15) is 0 Å². The maximum Gasteiger partial charge on any atom is 0.0367 e. The molecule has 2 aromatic carbocycles. The zero-order valence-corrected chi connectivity index (χ0v) is 11.4. The van der Waals surface area contributed by atoms with Crippen LogP contribution in [0, 0.1) is 6.92 Å². The van der Waals surface area contributed by atoms with Crippen LogP contribution in [-0.2, 0) is 0 Å². The first-order chi connectivity index (χ1) is 9.34. The topological polar surface area (TPSA) is 15.3 Å². The number of benzene rings is 2. The minimum atomic E-state index is 1.08. The van der Waals surface area contributed by atoms with E-state index in [1.165, 1.54) is 22.4 Å². The standard InChI is InChI=1S/C17H20N2/c1-14-4-2-3-5-17(14)15-6-8-16(9-7-15)19-12-10-18-11-13-19/h2-9,18H,10-13H2,1H3. The predicted octanol–water partition coefficient (Wildman–Crippen LogP) is 3.07. The van der Waals surface area contributed by atoms with Crippen LogP contribution in [-0.4, -0.2) is 26.2 Å². The van der Waals surface area contributed by atoms with E-state index in [4.69, 9.17) is 0 Å². The highest BCUT2D eigenvalue weighted by Crippen LogP contribution is 2.25. The lowest BCUT2D eigenvalue weighted by atomic mass is 10.0. The average molecular weight is 252 g/mol. The molecule has 0 saturated carbocycles. The molecule has 0 radical (unpaired) electrons. The van der Waals surface area contributed by atoms with Crippen LogP contribution in [0.15, 0.2) is 48.5 Å². The molecule has 1 fully saturated rings. The Hall–Kier alpha value is -1.80. The van der Waals surface area contributed by atoms with Gasteiger partial charge in [-0.2, -0.15) is 0 Å². The van der Waals surface area contributed by atoms with Gasteiger partial charge >= 0.3 is 0 Å². The highest BCUT2D eigenvalue weighted by molar-refractivity contribution is 5.69. The fraction of sp³-hybridized carbons (Fsp3) is 0.294. The summed E-state index contributed by atoms with van der Waals surface area (Å²) in [7, 11) is 0. The van der Waals surface area contributed by atoms with Gasteiger partial charge in [0.25, 0.3) is 0 Å². The van der Waals surface area contributed by atoms with E-state index in [0.29, 0.717) is 0 Å². The number of anilines is 1. The zero-order valence-electron chi connectivity index (χ0n) is 11.4. The van der Waals surface area contributed by atoms with Crippen molar-refractivity contribution in [1.82, 2.24) is 5.32 Å². The molecule has 19 heavy (non-hydrogen) atoms. The molecule has 0 bridgehead atoms. The molecule has 0 atom stereocenters. The summed E-state index contributed by atoms with van der Waals surface area (Å²) in [6.45, 7) is 6.53. The second-order valence-corrected chi connectivity index (χ2v) is 5.10. The highest BCUT2D eigenvalue weighted by Gasteiger charge is 2.10. The molecular formula is C17H20N2. The molecule has 0 aromatic heterocycles. The van der Waals surface area contributed by atoms with Gasteiger partial charge in [0.05, 0.1) is 0 Å². The van der Waals surface area contributed by atoms with E-state index >= 15 is 0 Å². The van der Waals surface area contributed by atoms with Gasteiger partial charge in [0.15, 0.2) is 0 Å². The zero-order chi connectivity index (χ0) is 13.1. The molecule has 1 aliphatic heterocycles. The first kappa shape index (κ1) is 12.2. The minimum Gasteiger partial charge on any atom is -0.369 e. The van der Waals surface area contributed by atoms with Crippen LogP contribution in [0.4, 0.5) is 5.69 Å². The number of rotatable bonds is 2. The van der Waals surface area contributed by atoms with Crippen molar-refractivity contribution in [2.24, 2.45) is 0 Å². The first-order valence-electron chi connectivity index (χ1n) is 6.96. The molecule has 2 aromatic rings. The normalized spacial score (nSPS) is 15.5. The summed E-state index contributed by atoms with van der Waals surface area (Å²) in [4.78, 5) is 2.44. The third-order valence-corrected chi connectivity index (χ3v) is 3.81. The summed E-state index contributed by atoms with van der Waals surface area (Å²) in [6.07, 6.45) is 0. The molecule has 2 heteroatoms. The van der Waals surface area contributed by atoms with Gasteiger partial charge in [-0.15, -0.1) is 0 Å². The molecule has 2 nitrogen and oxygen atoms in total. The molecular weight excluding hydrogens is 232 g/mol. The smallest absolute Gasteiger partial charge is 0.0367 e. The lowest BCUT2D eigenvalue weighted by Crippen LogP contribution is -2.43. The van der Waals surface area contributed by atoms with Crippen LogP contribution in [0.3, 0.4) is 0 Å². The van der Waals surface area contributed by atoms with Crippen molar-refractivity contribution in [3.8, 4) is 11.1 Å². The Bertz CT molecular complexity index is 539. The second kappa shape index (κ2) is 5.45. The Morgan fingerprint density at radius 3 is 2.26 bits per heavy atom. The molecule has 3 rings (SSSR count). The number of nitrogens with zero attached hydrogens (tertiary/aromatic N) is 1. The van der Waals surface area contributed by atoms with E-state index in [1.54, 1.807) is 0 Å². The average Bonchev–Trinajstić information content (AvgIpc) is 2.49. The van der Waals surface area contributed by atoms with E-state index in [0.717, 1.165) is 26.2 Å². The second-order valence-electron chi connectivity index (χ2n) is 5.10. The largest absolute Gasteiger partial charge is 0.369 e. The fourth-order valence-electron chi connectivity index (χ4n) is 2.67. The molecule has 0 amide bonds. The van der Waals surface area contributed by atoms with Crippen molar-refractivity contribution in [3.05, 3.63) is 54.1 Å². The van der Waals surface area contributed by atoms with Crippen LogP contribution in [0.5, 0.6) is 0 Å². The molecule has 1 saturated heterocycles. The van der Waals surface area contributed by atoms with Crippen LogP contribution in [0.1, 0.15) is 5.56 Å². The molecule has 0 spiro atoms. The van der Waals surface area contributed by atoms with Crippen LogP contribution in [0.25, 0.3) is 11.1 Å². The molecule has 98 valence electrons. The van der Waals surface area contributed by atoms with Crippen molar-refractivity contribution < 1.29 is 0 Å². The Morgan fingerprint density at radius 2 is 1.58 bits per heavy atom. The SMILES string of the molecule is Cc1ccccc1-c1ccc(N2CCNCC2)cc1. The van der Waals surface area contributed by atoms with Crippen LogP contribution < -0.4 is 10.2 Å². The fourth-order valence-corrected chi connectivity index (χ4v) is 2.67. The third-order valence-electron chi connectivity index (χ3n) is 3.81. The van der Waals surface area contributed by atoms with Crippen LogP contribution >= 0.6 is 0 Å². The monoisotopic (exact) mass is 252 g/mol. The van der Waals surface area contributed by atoms with Gasteiger partial charge in [-0.05, 0) is 35.7 Å². The number of hydrogen-bond acceptors (Lipinski definition) is 2. The Morgan fingerprint density at radius 1 is 0.895 bits per heavy atom. The van der Waals surface area contributed by atoms with Crippen molar-refractivity contribution in [3.63, 3.8) is 0 Å². The summed E-state index contributed by atoms with van der Waals surface area (Å²) in [5.74, 6) is 0. The maximum absolute atomic E-state index is 3.39. The van der Waals surface area contributed by atoms with E-state index in [-0.39, 0.29) is 0 Å². The van der Waals surface area contributed by atoms with E-state index in [1.807, 2.05) is 0 Å². The lowest BCUT2D eigenvalue weighted by Gasteiger charge is -2.29. The quantitative estimate of drug-likeness (QED) is 0.883. The van der Waals surface area contributed by atoms with Gasteiger partial charge in [0.2, 0.25) is 0 Å². The van der Waals surface area contributed by atoms with Crippen molar-refractivity contribution in [2.75, 3.05) is 31.1 Å². The molecule has 0 aliphatic carbocycles. The maximum atomic E-state index is 3.39. The van der Waals surface area contributed by atoms with Gasteiger partial charge in [0, 0.05) is 31.9 Å². The number of aryl methyl sites for hydroxylation is 1. The van der Waals surface area contributed by atoms with E-state index in [2.05, 4.69) is 65.7 Å². The Balaban J connectivity index is 1.84. The van der Waals surface area contributed by atoms with Crippen molar-refractivity contribution >= 4 is 5.69 Å². The Labute approximate surface area is 115 Å². The van der Waals surface area contributed by atoms with Crippen molar-refractivity contribution in [1.29, 1.82) is 0 Å². The Kier molecular flexibility index (Phi) is 3.51. The predicted molar refractivity (Wildman–Crippen MR) is 81.7 cm³/mol. The number of piperazine rings is 1. The van der Waals surface area contributed by atoms with E-state index < -0.39 is 0 Å². The summed E-state index contributed by atoms with van der Waals surface area (Å²) in [5, 5.41) is 3.39. The summed E-state index contributed by atoms with van der Waals surface area (Å²) in [5.41, 5.74) is 5.29. The molecule has 1 heterocycles. The van der Waals surface area contributed by atoms with Gasteiger partial charge in [-0.25, -0.2) is 0 Å². The molecule has 0 unspecified atom stereocenters. The third kappa shape index (κ3) is 2.64. The molecule has 1 N–H and O–H groups in total. The van der Waals surface area contributed by atoms with Crippen LogP contribution in [0.2, 0.25) is 0 Å². The van der Waals surface area contributed by atoms with Gasteiger partial charge in [-0.3, -0.25) is 0 Å². The van der Waals surface area contributed by atoms with Gasteiger partial charge in [0.1, 0.15) is 0 Å². The molecule has 1 aliphatic rings. The van der Waals surface area contributed by atoms with Gasteiger partial charge in [-0.1, -0.05) is 36.4 Å².